The van der Waals surface area contributed by atoms with Gasteiger partial charge in [0.1, 0.15) is 6.04 Å². The van der Waals surface area contributed by atoms with Crippen LogP contribution >= 0.6 is 0 Å². The van der Waals surface area contributed by atoms with E-state index in [0.29, 0.717) is 6.54 Å². The van der Waals surface area contributed by atoms with E-state index in [4.69, 9.17) is 5.73 Å². The lowest BCUT2D eigenvalue weighted by Gasteiger charge is -2.29. The fourth-order valence-electron chi connectivity index (χ4n) is 2.57. The van der Waals surface area contributed by atoms with Crippen LogP contribution in [0.2, 0.25) is 0 Å². The average Bonchev–Trinajstić information content (AvgIpc) is 2.86. The van der Waals surface area contributed by atoms with Gasteiger partial charge in [-0.1, -0.05) is 18.2 Å². The maximum Gasteiger partial charge on any atom is 0.244 e. The number of likely N-dealkylation sites (N-methyl/N-ethyl adjacent to an activating group) is 1. The fourth-order valence-corrected chi connectivity index (χ4v) is 2.57. The number of carbonyl (C=O) groups is 1. The molecule has 98 valence electrons. The first kappa shape index (κ1) is 12.9. The van der Waals surface area contributed by atoms with Crippen molar-refractivity contribution in [2.45, 2.75) is 25.4 Å². The molecule has 1 heterocycles. The van der Waals surface area contributed by atoms with Crippen molar-refractivity contribution in [3.8, 4) is 0 Å². The molecular formula is C14H21N3O. The van der Waals surface area contributed by atoms with E-state index in [9.17, 15) is 4.79 Å². The molecule has 0 aromatic heterocycles. The number of hydrogen-bond acceptors (Lipinski definition) is 3. The van der Waals surface area contributed by atoms with Crippen molar-refractivity contribution in [2.75, 3.05) is 25.5 Å². The number of rotatable bonds is 3. The Labute approximate surface area is 108 Å². The second-order valence-corrected chi connectivity index (χ2v) is 4.92. The van der Waals surface area contributed by atoms with E-state index >= 15 is 0 Å². The number of hydrogen-bond donors (Lipinski definition) is 1. The smallest absolute Gasteiger partial charge is 0.244 e. The molecule has 4 heteroatoms. The van der Waals surface area contributed by atoms with Crippen LogP contribution in [0.5, 0.6) is 0 Å². The molecule has 1 amide bonds. The minimum atomic E-state index is -0.0345. The van der Waals surface area contributed by atoms with Gasteiger partial charge in [0.05, 0.1) is 0 Å². The lowest BCUT2D eigenvalue weighted by Crippen LogP contribution is -2.43. The van der Waals surface area contributed by atoms with Crippen molar-refractivity contribution in [3.05, 3.63) is 29.8 Å². The molecule has 2 N–H and O–H groups in total. The maximum atomic E-state index is 12.2. The van der Waals surface area contributed by atoms with Gasteiger partial charge in [-0.05, 0) is 24.5 Å². The summed E-state index contributed by atoms with van der Waals surface area (Å²) in [6, 6.07) is 8.05. The molecule has 2 rings (SSSR count). The molecule has 0 aliphatic carbocycles. The van der Waals surface area contributed by atoms with E-state index in [1.807, 2.05) is 32.3 Å². The van der Waals surface area contributed by atoms with E-state index in [1.54, 1.807) is 4.90 Å². The predicted molar refractivity (Wildman–Crippen MR) is 73.4 cm³/mol. The Hall–Kier alpha value is -1.55. The largest absolute Gasteiger partial charge is 0.359 e. The monoisotopic (exact) mass is 247 g/mol. The number of carbonyl (C=O) groups excluding carboxylic acids is 1. The fraction of sp³-hybridized carbons (Fsp3) is 0.500. The van der Waals surface area contributed by atoms with Gasteiger partial charge in [0.25, 0.3) is 0 Å². The van der Waals surface area contributed by atoms with E-state index in [1.165, 1.54) is 0 Å². The molecule has 1 aliphatic rings. The number of nitrogens with two attached hydrogens (primary N) is 1. The standard InChI is InChI=1S/C14H21N3O/c1-16(2)14(18)13-8-5-9-17(13)12-7-4-3-6-11(12)10-15/h3-4,6-7,13H,5,8-10,15H2,1-2H3. The predicted octanol–water partition coefficient (Wildman–Crippen LogP) is 1.20. The van der Waals surface area contributed by atoms with Gasteiger partial charge in [-0.15, -0.1) is 0 Å². The summed E-state index contributed by atoms with van der Waals surface area (Å²) >= 11 is 0. The van der Waals surface area contributed by atoms with Gasteiger partial charge in [0.2, 0.25) is 5.91 Å². The van der Waals surface area contributed by atoms with Crippen LogP contribution in [-0.2, 0) is 11.3 Å². The van der Waals surface area contributed by atoms with Crippen LogP contribution in [0.1, 0.15) is 18.4 Å². The number of nitrogens with zero attached hydrogens (tertiary/aromatic N) is 2. The first-order valence-electron chi connectivity index (χ1n) is 6.41. The zero-order chi connectivity index (χ0) is 13.1. The van der Waals surface area contributed by atoms with Crippen LogP contribution in [0.25, 0.3) is 0 Å². The van der Waals surface area contributed by atoms with Gasteiger partial charge in [-0.2, -0.15) is 0 Å². The van der Waals surface area contributed by atoms with Gasteiger partial charge >= 0.3 is 0 Å². The minimum Gasteiger partial charge on any atom is -0.359 e. The molecule has 4 nitrogen and oxygen atoms in total. The van der Waals surface area contributed by atoms with Crippen LogP contribution < -0.4 is 10.6 Å². The number of benzene rings is 1. The summed E-state index contributed by atoms with van der Waals surface area (Å²) in [6.45, 7) is 1.44. The van der Waals surface area contributed by atoms with Gasteiger partial charge in [-0.25, -0.2) is 0 Å². The Morgan fingerprint density at radius 1 is 1.44 bits per heavy atom. The third-order valence-corrected chi connectivity index (χ3v) is 3.50. The summed E-state index contributed by atoms with van der Waals surface area (Å²) in [5, 5.41) is 0. The maximum absolute atomic E-state index is 12.2. The second-order valence-electron chi connectivity index (χ2n) is 4.92. The first-order valence-corrected chi connectivity index (χ1v) is 6.41. The third-order valence-electron chi connectivity index (χ3n) is 3.50. The van der Waals surface area contributed by atoms with Gasteiger partial charge in [0.15, 0.2) is 0 Å². The van der Waals surface area contributed by atoms with Crippen molar-refractivity contribution < 1.29 is 4.79 Å². The SMILES string of the molecule is CN(C)C(=O)C1CCCN1c1ccccc1CN. The molecule has 1 aliphatic heterocycles. The van der Waals surface area contributed by atoms with Crippen LogP contribution in [0.4, 0.5) is 5.69 Å². The highest BCUT2D eigenvalue weighted by molar-refractivity contribution is 5.85. The summed E-state index contributed by atoms with van der Waals surface area (Å²) in [5.74, 6) is 0.180. The van der Waals surface area contributed by atoms with Crippen molar-refractivity contribution in [3.63, 3.8) is 0 Å². The van der Waals surface area contributed by atoms with Crippen molar-refractivity contribution >= 4 is 11.6 Å². The van der Waals surface area contributed by atoms with Crippen molar-refractivity contribution in [1.29, 1.82) is 0 Å². The zero-order valence-corrected chi connectivity index (χ0v) is 11.1. The summed E-state index contributed by atoms with van der Waals surface area (Å²) in [5.41, 5.74) is 7.99. The molecule has 1 saturated heterocycles. The van der Waals surface area contributed by atoms with Gasteiger partial charge in [-0.3, -0.25) is 4.79 Å². The third kappa shape index (κ3) is 2.34. The quantitative estimate of drug-likeness (QED) is 0.873. The Morgan fingerprint density at radius 3 is 2.83 bits per heavy atom. The number of para-hydroxylation sites is 1. The Kier molecular flexibility index (Phi) is 3.87. The molecule has 0 bridgehead atoms. The highest BCUT2D eigenvalue weighted by atomic mass is 16.2. The molecule has 1 aromatic carbocycles. The topological polar surface area (TPSA) is 49.6 Å². The summed E-state index contributed by atoms with van der Waals surface area (Å²) in [7, 11) is 3.63. The van der Waals surface area contributed by atoms with E-state index in [-0.39, 0.29) is 11.9 Å². The molecule has 1 aromatic rings. The van der Waals surface area contributed by atoms with Gasteiger partial charge in [0, 0.05) is 32.9 Å². The molecule has 18 heavy (non-hydrogen) atoms. The van der Waals surface area contributed by atoms with Gasteiger partial charge < -0.3 is 15.5 Å². The van der Waals surface area contributed by atoms with E-state index in [0.717, 1.165) is 30.6 Å². The molecule has 1 atom stereocenters. The summed E-state index contributed by atoms with van der Waals surface area (Å²) in [4.78, 5) is 16.1. The molecule has 0 radical (unpaired) electrons. The lowest BCUT2D eigenvalue weighted by atomic mass is 10.1. The Bertz CT molecular complexity index is 431. The van der Waals surface area contributed by atoms with E-state index in [2.05, 4.69) is 11.0 Å². The minimum absolute atomic E-state index is 0.0345. The molecule has 1 unspecified atom stereocenters. The molecular weight excluding hydrogens is 226 g/mol. The van der Waals surface area contributed by atoms with E-state index < -0.39 is 0 Å². The first-order chi connectivity index (χ1) is 8.65. The second kappa shape index (κ2) is 5.40. The van der Waals surface area contributed by atoms with Crippen molar-refractivity contribution in [2.24, 2.45) is 5.73 Å². The Balaban J connectivity index is 2.29. The average molecular weight is 247 g/mol. The van der Waals surface area contributed by atoms with Crippen LogP contribution in [-0.4, -0.2) is 37.5 Å². The highest BCUT2D eigenvalue weighted by Gasteiger charge is 2.32. The molecule has 1 fully saturated rings. The normalized spacial score (nSPS) is 19.1. The number of amides is 1. The number of anilines is 1. The molecule has 0 saturated carbocycles. The summed E-state index contributed by atoms with van der Waals surface area (Å²) in [6.07, 6.45) is 1.99. The molecule has 0 spiro atoms. The Morgan fingerprint density at radius 2 is 2.17 bits per heavy atom. The van der Waals surface area contributed by atoms with Crippen LogP contribution in [0, 0.1) is 0 Å². The van der Waals surface area contributed by atoms with Crippen molar-refractivity contribution in [1.82, 2.24) is 4.90 Å². The van der Waals surface area contributed by atoms with Crippen LogP contribution in [0.15, 0.2) is 24.3 Å². The highest BCUT2D eigenvalue weighted by Crippen LogP contribution is 2.29. The zero-order valence-electron chi connectivity index (χ0n) is 11.1. The lowest BCUT2D eigenvalue weighted by molar-refractivity contribution is -0.129. The van der Waals surface area contributed by atoms with Crippen LogP contribution in [0.3, 0.4) is 0 Å². The summed E-state index contributed by atoms with van der Waals surface area (Å²) < 4.78 is 0.